The highest BCUT2D eigenvalue weighted by Gasteiger charge is 2.65. The number of thioether (sulfide) groups is 1. The van der Waals surface area contributed by atoms with Gasteiger partial charge in [-0.15, -0.1) is 11.8 Å². The van der Waals surface area contributed by atoms with E-state index in [-0.39, 0.29) is 31.1 Å². The van der Waals surface area contributed by atoms with Crippen LogP contribution < -0.4 is 5.32 Å². The van der Waals surface area contributed by atoms with Crippen molar-refractivity contribution < 1.29 is 38.2 Å². The van der Waals surface area contributed by atoms with Crippen molar-refractivity contribution >= 4 is 35.5 Å². The van der Waals surface area contributed by atoms with Crippen LogP contribution in [0.3, 0.4) is 0 Å². The second-order valence-electron chi connectivity index (χ2n) is 6.58. The van der Waals surface area contributed by atoms with E-state index in [1.807, 2.05) is 0 Å². The van der Waals surface area contributed by atoms with Gasteiger partial charge in [0.15, 0.2) is 5.54 Å². The number of rotatable bonds is 8. The normalized spacial score (nSPS) is 23.3. The molecular weight excluding hydrogens is 404 g/mol. The smallest absolute Gasteiger partial charge is 0.352 e. The Balaban J connectivity index is 1.84. The van der Waals surface area contributed by atoms with Gasteiger partial charge in [-0.2, -0.15) is 0 Å². The summed E-state index contributed by atoms with van der Waals surface area (Å²) in [5, 5.41) is 11.7. The zero-order chi connectivity index (χ0) is 21.2. The highest BCUT2D eigenvalue weighted by atomic mass is 32.2. The Kier molecular flexibility index (Phi) is 5.99. The van der Waals surface area contributed by atoms with Gasteiger partial charge in [0.25, 0.3) is 5.91 Å². The molecule has 0 spiro atoms. The van der Waals surface area contributed by atoms with Crippen LogP contribution in [-0.4, -0.2) is 70.7 Å². The summed E-state index contributed by atoms with van der Waals surface area (Å²) in [5.74, 6) is -2.24. The molecule has 0 aromatic carbocycles. The number of carbonyl (C=O) groups excluding carboxylic acids is 3. The van der Waals surface area contributed by atoms with Crippen molar-refractivity contribution in [2.75, 3.05) is 26.1 Å². The number of hydrogen-bond acceptors (Lipinski definition) is 8. The van der Waals surface area contributed by atoms with Gasteiger partial charge >= 0.3 is 11.9 Å². The van der Waals surface area contributed by atoms with Gasteiger partial charge in [-0.05, 0) is 12.1 Å². The van der Waals surface area contributed by atoms with E-state index in [9.17, 15) is 24.3 Å². The number of esters is 1. The van der Waals surface area contributed by atoms with Gasteiger partial charge in [0.1, 0.15) is 23.4 Å². The lowest BCUT2D eigenvalue weighted by Crippen LogP contribution is -2.81. The fourth-order valence-corrected chi connectivity index (χ4v) is 4.81. The van der Waals surface area contributed by atoms with E-state index in [0.29, 0.717) is 11.3 Å². The number of fused-ring (bicyclic) bond motifs is 1. The van der Waals surface area contributed by atoms with Gasteiger partial charge in [-0.1, -0.05) is 0 Å². The first-order valence-electron chi connectivity index (χ1n) is 8.66. The van der Waals surface area contributed by atoms with E-state index in [2.05, 4.69) is 5.32 Å². The van der Waals surface area contributed by atoms with Crippen molar-refractivity contribution in [1.82, 2.24) is 10.2 Å². The maximum absolute atomic E-state index is 13.0. The molecule has 1 aromatic heterocycles. The summed E-state index contributed by atoms with van der Waals surface area (Å²) in [6, 6.07) is 3.29. The SMILES string of the molecule is COCC1(NC(=O)Cc2ccco2)C(=O)N2C(C(=O)O)=C(COC(C)=O)CS[C@@H]21. The quantitative estimate of drug-likeness (QED) is 0.441. The Morgan fingerprint density at radius 2 is 2.21 bits per heavy atom. The topological polar surface area (TPSA) is 135 Å². The van der Waals surface area contributed by atoms with E-state index in [1.54, 1.807) is 12.1 Å². The molecule has 11 heteroatoms. The molecule has 2 aliphatic heterocycles. The Bertz CT molecular complexity index is 865. The van der Waals surface area contributed by atoms with Crippen LogP contribution in [0.1, 0.15) is 12.7 Å². The molecule has 0 saturated carbocycles. The van der Waals surface area contributed by atoms with Gasteiger partial charge in [0, 0.05) is 25.4 Å². The molecule has 1 saturated heterocycles. The predicted molar refractivity (Wildman–Crippen MR) is 99.5 cm³/mol. The zero-order valence-electron chi connectivity index (χ0n) is 15.8. The minimum atomic E-state index is -1.39. The maximum Gasteiger partial charge on any atom is 0.352 e. The molecule has 0 bridgehead atoms. The third-order valence-corrected chi connectivity index (χ3v) is 5.99. The van der Waals surface area contributed by atoms with E-state index in [1.165, 1.54) is 32.1 Å². The van der Waals surface area contributed by atoms with Crippen molar-refractivity contribution in [2.24, 2.45) is 0 Å². The molecule has 2 N–H and O–H groups in total. The first kappa shape index (κ1) is 20.9. The summed E-state index contributed by atoms with van der Waals surface area (Å²) < 4.78 is 15.2. The standard InChI is InChI=1S/C18H20N2O8S/c1-10(21)28-7-11-8-29-17-18(9-26-2,16(25)20(17)14(11)15(23)24)19-13(22)6-12-4-3-5-27-12/h3-5,17H,6-9H2,1-2H3,(H,19,22)(H,23,24)/t17-,18?/m1/s1. The number of amides is 2. The van der Waals surface area contributed by atoms with Gasteiger partial charge < -0.3 is 24.3 Å². The number of carboxylic acids is 1. The van der Waals surface area contributed by atoms with E-state index < -0.39 is 34.7 Å². The summed E-state index contributed by atoms with van der Waals surface area (Å²) in [6.07, 6.45) is 1.37. The number of carbonyl (C=O) groups is 4. The molecule has 0 aliphatic carbocycles. The summed E-state index contributed by atoms with van der Waals surface area (Å²) >= 11 is 1.27. The van der Waals surface area contributed by atoms with Crippen LogP contribution in [0.15, 0.2) is 34.1 Å². The average Bonchev–Trinajstić information content (AvgIpc) is 3.17. The number of carboxylic acid groups (broad SMARTS) is 1. The minimum absolute atomic E-state index is 0.0670. The van der Waals surface area contributed by atoms with Gasteiger partial charge in [-0.25, -0.2) is 4.79 Å². The summed E-state index contributed by atoms with van der Waals surface area (Å²) in [6.45, 7) is 0.880. The van der Waals surface area contributed by atoms with Crippen molar-refractivity contribution in [1.29, 1.82) is 0 Å². The third kappa shape index (κ3) is 3.87. The van der Waals surface area contributed by atoms with Crippen LogP contribution in [0.4, 0.5) is 0 Å². The number of hydrogen-bond donors (Lipinski definition) is 2. The van der Waals surface area contributed by atoms with Crippen LogP contribution in [0, 0.1) is 0 Å². The number of β-lactam (4-membered cyclic amide) rings is 1. The fourth-order valence-electron chi connectivity index (χ4n) is 3.36. The first-order valence-corrected chi connectivity index (χ1v) is 9.71. The molecule has 29 heavy (non-hydrogen) atoms. The molecule has 2 amide bonds. The minimum Gasteiger partial charge on any atom is -0.477 e. The van der Waals surface area contributed by atoms with E-state index in [0.717, 1.165) is 4.90 Å². The Morgan fingerprint density at radius 3 is 2.79 bits per heavy atom. The van der Waals surface area contributed by atoms with Crippen molar-refractivity contribution in [2.45, 2.75) is 24.3 Å². The Morgan fingerprint density at radius 1 is 1.45 bits per heavy atom. The number of aliphatic carboxylic acids is 1. The van der Waals surface area contributed by atoms with E-state index >= 15 is 0 Å². The van der Waals surface area contributed by atoms with Crippen LogP contribution in [0.25, 0.3) is 0 Å². The number of methoxy groups -OCH3 is 1. The van der Waals surface area contributed by atoms with Gasteiger partial charge in [-0.3, -0.25) is 19.3 Å². The number of furan rings is 1. The van der Waals surface area contributed by atoms with Crippen LogP contribution >= 0.6 is 11.8 Å². The summed E-state index contributed by atoms with van der Waals surface area (Å²) in [4.78, 5) is 49.5. The van der Waals surface area contributed by atoms with Crippen molar-refractivity contribution in [3.63, 3.8) is 0 Å². The molecule has 10 nitrogen and oxygen atoms in total. The van der Waals surface area contributed by atoms with Crippen LogP contribution in [0.2, 0.25) is 0 Å². The van der Waals surface area contributed by atoms with Crippen LogP contribution in [0.5, 0.6) is 0 Å². The average molecular weight is 424 g/mol. The predicted octanol–water partition coefficient (Wildman–Crippen LogP) is 0.140. The Labute approximate surface area is 170 Å². The van der Waals surface area contributed by atoms with Gasteiger partial charge in [0.2, 0.25) is 5.91 Å². The number of nitrogens with zero attached hydrogens (tertiary/aromatic N) is 1. The maximum atomic E-state index is 13.0. The molecule has 1 unspecified atom stereocenters. The van der Waals surface area contributed by atoms with Crippen LogP contribution in [-0.2, 0) is 35.1 Å². The molecule has 2 atom stereocenters. The molecule has 156 valence electrons. The largest absolute Gasteiger partial charge is 0.477 e. The highest BCUT2D eigenvalue weighted by molar-refractivity contribution is 8.00. The second-order valence-corrected chi connectivity index (χ2v) is 7.65. The molecule has 1 fully saturated rings. The second kappa shape index (κ2) is 8.29. The lowest BCUT2D eigenvalue weighted by molar-refractivity contribution is -0.163. The molecule has 3 heterocycles. The van der Waals surface area contributed by atoms with Crippen molar-refractivity contribution in [3.8, 4) is 0 Å². The Hall–Kier alpha value is -2.79. The number of nitrogens with one attached hydrogen (secondary N) is 1. The third-order valence-electron chi connectivity index (χ3n) is 4.55. The zero-order valence-corrected chi connectivity index (χ0v) is 16.6. The monoisotopic (exact) mass is 424 g/mol. The molecule has 3 rings (SSSR count). The fraction of sp³-hybridized carbons (Fsp3) is 0.444. The van der Waals surface area contributed by atoms with E-state index in [4.69, 9.17) is 13.9 Å². The molecule has 0 radical (unpaired) electrons. The molecule has 2 aliphatic rings. The lowest BCUT2D eigenvalue weighted by Gasteiger charge is -2.56. The highest BCUT2D eigenvalue weighted by Crippen LogP contribution is 2.46. The molecule has 1 aromatic rings. The first-order chi connectivity index (χ1) is 13.8. The number of ether oxygens (including phenoxy) is 2. The molecular formula is C18H20N2O8S. The lowest BCUT2D eigenvalue weighted by atomic mass is 9.86. The van der Waals surface area contributed by atoms with Crippen molar-refractivity contribution in [3.05, 3.63) is 35.4 Å². The van der Waals surface area contributed by atoms with Gasteiger partial charge in [0.05, 0.1) is 19.3 Å². The summed E-state index contributed by atoms with van der Waals surface area (Å²) in [7, 11) is 1.39. The summed E-state index contributed by atoms with van der Waals surface area (Å²) in [5.41, 5.74) is -1.31.